The zero-order valence-electron chi connectivity index (χ0n) is 12.1. The molecule has 20 heavy (non-hydrogen) atoms. The highest BCUT2D eigenvalue weighted by Gasteiger charge is 2.15. The van der Waals surface area contributed by atoms with E-state index >= 15 is 0 Å². The molecule has 0 saturated carbocycles. The van der Waals surface area contributed by atoms with E-state index in [2.05, 4.69) is 20.7 Å². The second kappa shape index (κ2) is 8.04. The fourth-order valence-corrected chi connectivity index (χ4v) is 2.08. The number of carbonyl (C=O) groups excluding carboxylic acids is 2. The first-order chi connectivity index (χ1) is 9.43. The molecule has 0 saturated heterocycles. The highest BCUT2D eigenvalue weighted by atomic mass is 79.9. The van der Waals surface area contributed by atoms with Gasteiger partial charge in [-0.2, -0.15) is 0 Å². The van der Waals surface area contributed by atoms with E-state index in [1.54, 1.807) is 11.9 Å². The Hall–Kier alpha value is -1.36. The number of methoxy groups -OCH3 is 1. The molecular weight excluding hydrogens is 322 g/mol. The Morgan fingerprint density at radius 1 is 1.30 bits per heavy atom. The summed E-state index contributed by atoms with van der Waals surface area (Å²) in [5.74, 6) is -0.119. The number of hydrogen-bond donors (Lipinski definition) is 0. The van der Waals surface area contributed by atoms with Crippen LogP contribution in [0.5, 0.6) is 0 Å². The van der Waals surface area contributed by atoms with Gasteiger partial charge in [-0.15, -0.1) is 0 Å². The number of rotatable bonds is 6. The first-order valence-corrected chi connectivity index (χ1v) is 7.29. The number of halogens is 1. The average molecular weight is 342 g/mol. The molecule has 110 valence electrons. The predicted octanol–water partition coefficient (Wildman–Crippen LogP) is 2.96. The molecule has 0 aliphatic rings. The lowest BCUT2D eigenvalue weighted by atomic mass is 9.97. The van der Waals surface area contributed by atoms with Crippen molar-refractivity contribution in [3.63, 3.8) is 0 Å². The Kier molecular flexibility index (Phi) is 6.71. The van der Waals surface area contributed by atoms with Crippen LogP contribution in [-0.4, -0.2) is 37.5 Å². The van der Waals surface area contributed by atoms with Crippen molar-refractivity contribution in [1.29, 1.82) is 0 Å². The summed E-state index contributed by atoms with van der Waals surface area (Å²) in [4.78, 5) is 24.7. The number of carbonyl (C=O) groups is 2. The van der Waals surface area contributed by atoms with Gasteiger partial charge >= 0.3 is 5.97 Å². The van der Waals surface area contributed by atoms with Gasteiger partial charge in [0.2, 0.25) is 5.91 Å². The van der Waals surface area contributed by atoms with E-state index in [0.29, 0.717) is 13.0 Å². The SMILES string of the molecule is COC(=O)CCN(C)C(=O)CC(C)c1ccc(Br)cc1. The summed E-state index contributed by atoms with van der Waals surface area (Å²) in [5.41, 5.74) is 1.13. The third-order valence-electron chi connectivity index (χ3n) is 3.22. The number of ether oxygens (including phenoxy) is 1. The zero-order chi connectivity index (χ0) is 15.1. The molecule has 0 radical (unpaired) electrons. The molecule has 0 aliphatic carbocycles. The zero-order valence-corrected chi connectivity index (χ0v) is 13.6. The molecule has 5 heteroatoms. The van der Waals surface area contributed by atoms with Gasteiger partial charge in [-0.1, -0.05) is 35.0 Å². The van der Waals surface area contributed by atoms with Crippen LogP contribution >= 0.6 is 15.9 Å². The van der Waals surface area contributed by atoms with Crippen molar-refractivity contribution in [2.45, 2.75) is 25.7 Å². The molecule has 1 rings (SSSR count). The van der Waals surface area contributed by atoms with Gasteiger partial charge in [0.15, 0.2) is 0 Å². The largest absolute Gasteiger partial charge is 0.469 e. The Bertz CT molecular complexity index is 459. The van der Waals surface area contributed by atoms with Crippen molar-refractivity contribution in [1.82, 2.24) is 4.90 Å². The van der Waals surface area contributed by atoms with Crippen LogP contribution in [-0.2, 0) is 14.3 Å². The summed E-state index contributed by atoms with van der Waals surface area (Å²) >= 11 is 3.39. The van der Waals surface area contributed by atoms with Crippen molar-refractivity contribution in [2.24, 2.45) is 0 Å². The van der Waals surface area contributed by atoms with Gasteiger partial charge in [0.05, 0.1) is 13.5 Å². The van der Waals surface area contributed by atoms with Crippen LogP contribution in [0, 0.1) is 0 Å². The lowest BCUT2D eigenvalue weighted by Crippen LogP contribution is -2.30. The van der Waals surface area contributed by atoms with Crippen LogP contribution in [0.15, 0.2) is 28.7 Å². The molecule has 0 N–H and O–H groups in total. The molecule has 0 bridgehead atoms. The fraction of sp³-hybridized carbons (Fsp3) is 0.467. The standard InChI is InChI=1S/C15H20BrNO3/c1-11(12-4-6-13(16)7-5-12)10-14(18)17(2)9-8-15(19)20-3/h4-7,11H,8-10H2,1-3H3. The number of benzene rings is 1. The van der Waals surface area contributed by atoms with Crippen LogP contribution in [0.1, 0.15) is 31.2 Å². The lowest BCUT2D eigenvalue weighted by molar-refractivity contribution is -0.141. The van der Waals surface area contributed by atoms with E-state index in [1.165, 1.54) is 7.11 Å². The molecule has 0 spiro atoms. The van der Waals surface area contributed by atoms with Gasteiger partial charge in [0, 0.05) is 24.5 Å². The molecule has 1 amide bonds. The van der Waals surface area contributed by atoms with E-state index in [0.717, 1.165) is 10.0 Å². The summed E-state index contributed by atoms with van der Waals surface area (Å²) < 4.78 is 5.58. The minimum absolute atomic E-state index is 0.0318. The Morgan fingerprint density at radius 3 is 2.45 bits per heavy atom. The molecule has 1 aromatic carbocycles. The van der Waals surface area contributed by atoms with Gasteiger partial charge in [-0.3, -0.25) is 9.59 Å². The van der Waals surface area contributed by atoms with Crippen LogP contribution in [0.3, 0.4) is 0 Å². The Morgan fingerprint density at radius 2 is 1.90 bits per heavy atom. The van der Waals surface area contributed by atoms with Crippen LogP contribution in [0.4, 0.5) is 0 Å². The second-order valence-corrected chi connectivity index (χ2v) is 5.71. The van der Waals surface area contributed by atoms with Gasteiger partial charge in [0.1, 0.15) is 0 Å². The summed E-state index contributed by atoms with van der Waals surface area (Å²) in [6, 6.07) is 7.96. The number of hydrogen-bond acceptors (Lipinski definition) is 3. The van der Waals surface area contributed by atoms with Crippen molar-refractivity contribution in [2.75, 3.05) is 20.7 Å². The van der Waals surface area contributed by atoms with E-state index in [4.69, 9.17) is 0 Å². The summed E-state index contributed by atoms with van der Waals surface area (Å²) in [5, 5.41) is 0. The first-order valence-electron chi connectivity index (χ1n) is 6.50. The molecule has 0 heterocycles. The fourth-order valence-electron chi connectivity index (χ4n) is 1.81. The summed E-state index contributed by atoms with van der Waals surface area (Å²) in [7, 11) is 3.05. The van der Waals surface area contributed by atoms with Crippen molar-refractivity contribution in [3.05, 3.63) is 34.3 Å². The first kappa shape index (κ1) is 16.7. The number of amides is 1. The molecule has 1 unspecified atom stereocenters. The highest BCUT2D eigenvalue weighted by molar-refractivity contribution is 9.10. The Balaban J connectivity index is 2.48. The molecular formula is C15H20BrNO3. The topological polar surface area (TPSA) is 46.6 Å². The highest BCUT2D eigenvalue weighted by Crippen LogP contribution is 2.21. The predicted molar refractivity (Wildman–Crippen MR) is 81.4 cm³/mol. The minimum atomic E-state index is -0.300. The van der Waals surface area contributed by atoms with Crippen molar-refractivity contribution >= 4 is 27.8 Å². The van der Waals surface area contributed by atoms with E-state index in [-0.39, 0.29) is 24.2 Å². The quantitative estimate of drug-likeness (QED) is 0.747. The maximum absolute atomic E-state index is 12.1. The van der Waals surface area contributed by atoms with Crippen molar-refractivity contribution < 1.29 is 14.3 Å². The second-order valence-electron chi connectivity index (χ2n) is 4.80. The number of nitrogens with zero attached hydrogens (tertiary/aromatic N) is 1. The van der Waals surface area contributed by atoms with Crippen molar-refractivity contribution in [3.8, 4) is 0 Å². The lowest BCUT2D eigenvalue weighted by Gasteiger charge is -2.19. The minimum Gasteiger partial charge on any atom is -0.469 e. The van der Waals surface area contributed by atoms with Crippen LogP contribution in [0.2, 0.25) is 0 Å². The van der Waals surface area contributed by atoms with E-state index in [1.807, 2.05) is 31.2 Å². The Labute approximate surface area is 128 Å². The third-order valence-corrected chi connectivity index (χ3v) is 3.75. The average Bonchev–Trinajstić information content (AvgIpc) is 2.44. The van der Waals surface area contributed by atoms with Crippen LogP contribution in [0.25, 0.3) is 0 Å². The smallest absolute Gasteiger partial charge is 0.307 e. The summed E-state index contributed by atoms with van der Waals surface area (Å²) in [6.07, 6.45) is 0.657. The molecule has 4 nitrogen and oxygen atoms in total. The van der Waals surface area contributed by atoms with Gasteiger partial charge in [0.25, 0.3) is 0 Å². The van der Waals surface area contributed by atoms with Crippen LogP contribution < -0.4 is 0 Å². The third kappa shape index (κ3) is 5.33. The number of esters is 1. The maximum Gasteiger partial charge on any atom is 0.307 e. The molecule has 1 aromatic rings. The summed E-state index contributed by atoms with van der Waals surface area (Å²) in [6.45, 7) is 2.41. The molecule has 0 aromatic heterocycles. The van der Waals surface area contributed by atoms with E-state index < -0.39 is 0 Å². The molecule has 1 atom stereocenters. The molecule has 0 fully saturated rings. The monoisotopic (exact) mass is 341 g/mol. The normalized spacial score (nSPS) is 11.8. The van der Waals surface area contributed by atoms with E-state index in [9.17, 15) is 9.59 Å². The van der Waals surface area contributed by atoms with Gasteiger partial charge in [-0.25, -0.2) is 0 Å². The van der Waals surface area contributed by atoms with Gasteiger partial charge in [-0.05, 0) is 23.6 Å². The molecule has 0 aliphatic heterocycles. The van der Waals surface area contributed by atoms with Gasteiger partial charge < -0.3 is 9.64 Å². The maximum atomic E-state index is 12.1.